The first-order valence-corrected chi connectivity index (χ1v) is 5.83. The number of pyridine rings is 1. The lowest BCUT2D eigenvalue weighted by Crippen LogP contribution is -1.79. The molecule has 3 heteroatoms. The number of hydrogen-bond acceptors (Lipinski definition) is 2. The number of fused-ring (bicyclic) bond motifs is 1. The molecule has 1 nitrogen and oxygen atoms in total. The van der Waals surface area contributed by atoms with E-state index in [4.69, 9.17) is 11.6 Å². The van der Waals surface area contributed by atoms with Crippen molar-refractivity contribution in [3.63, 3.8) is 0 Å². The van der Waals surface area contributed by atoms with Crippen LogP contribution >= 0.6 is 23.4 Å². The number of benzene rings is 1. The molecule has 0 saturated heterocycles. The lowest BCUT2D eigenvalue weighted by atomic mass is 10.2. The highest BCUT2D eigenvalue weighted by atomic mass is 35.5. The molecule has 0 aliphatic heterocycles. The topological polar surface area (TPSA) is 12.9 Å². The van der Waals surface area contributed by atoms with E-state index in [2.05, 4.69) is 30.1 Å². The molecule has 1 aromatic carbocycles. The van der Waals surface area contributed by atoms with E-state index < -0.39 is 0 Å². The van der Waals surface area contributed by atoms with Crippen LogP contribution in [-0.4, -0.2) is 10.7 Å². The van der Waals surface area contributed by atoms with Crippen LogP contribution in [0.25, 0.3) is 10.8 Å². The van der Waals surface area contributed by atoms with E-state index in [0.29, 0.717) is 0 Å². The van der Waals surface area contributed by atoms with Gasteiger partial charge >= 0.3 is 0 Å². The molecule has 0 unspecified atom stereocenters. The molecule has 2 aromatic rings. The SMILES string of the molecule is CCSc1ccc2c(Cl)cncc2c1. The lowest BCUT2D eigenvalue weighted by molar-refractivity contribution is 1.35. The normalized spacial score (nSPS) is 10.7. The quantitative estimate of drug-likeness (QED) is 0.714. The summed E-state index contributed by atoms with van der Waals surface area (Å²) in [6, 6.07) is 6.28. The number of rotatable bonds is 2. The third-order valence-electron chi connectivity index (χ3n) is 1.99. The van der Waals surface area contributed by atoms with Crippen molar-refractivity contribution in [3.05, 3.63) is 35.6 Å². The fraction of sp³-hybridized carbons (Fsp3) is 0.182. The van der Waals surface area contributed by atoms with Gasteiger partial charge < -0.3 is 0 Å². The van der Waals surface area contributed by atoms with Gasteiger partial charge in [-0.25, -0.2) is 0 Å². The zero-order chi connectivity index (χ0) is 9.97. The van der Waals surface area contributed by atoms with Gasteiger partial charge in [0.25, 0.3) is 0 Å². The van der Waals surface area contributed by atoms with Gasteiger partial charge in [0, 0.05) is 28.1 Å². The van der Waals surface area contributed by atoms with Crippen LogP contribution < -0.4 is 0 Å². The third-order valence-corrected chi connectivity index (χ3v) is 3.17. The van der Waals surface area contributed by atoms with Crippen molar-refractivity contribution >= 4 is 34.1 Å². The summed E-state index contributed by atoms with van der Waals surface area (Å²) in [7, 11) is 0. The van der Waals surface area contributed by atoms with E-state index >= 15 is 0 Å². The van der Waals surface area contributed by atoms with Crippen LogP contribution in [0.4, 0.5) is 0 Å². The van der Waals surface area contributed by atoms with Crippen LogP contribution in [0.2, 0.25) is 5.02 Å². The molecule has 0 fully saturated rings. The van der Waals surface area contributed by atoms with Crippen LogP contribution in [0.3, 0.4) is 0 Å². The Morgan fingerprint density at radius 2 is 2.21 bits per heavy atom. The van der Waals surface area contributed by atoms with Crippen LogP contribution in [0.5, 0.6) is 0 Å². The second kappa shape index (κ2) is 4.20. The highest BCUT2D eigenvalue weighted by molar-refractivity contribution is 7.99. The average molecular weight is 224 g/mol. The predicted octanol–water partition coefficient (Wildman–Crippen LogP) is 4.00. The van der Waals surface area contributed by atoms with Crippen molar-refractivity contribution in [2.45, 2.75) is 11.8 Å². The Bertz CT molecular complexity index is 456. The maximum Gasteiger partial charge on any atom is 0.0667 e. The molecule has 72 valence electrons. The summed E-state index contributed by atoms with van der Waals surface area (Å²) in [5.74, 6) is 1.08. The maximum absolute atomic E-state index is 6.02. The minimum Gasteiger partial charge on any atom is -0.263 e. The van der Waals surface area contributed by atoms with Crippen molar-refractivity contribution in [3.8, 4) is 0 Å². The van der Waals surface area contributed by atoms with E-state index in [1.54, 1.807) is 6.20 Å². The minimum absolute atomic E-state index is 0.718. The second-order valence-electron chi connectivity index (χ2n) is 2.94. The molecule has 0 radical (unpaired) electrons. The minimum atomic E-state index is 0.718. The van der Waals surface area contributed by atoms with Crippen molar-refractivity contribution in [2.24, 2.45) is 0 Å². The lowest BCUT2D eigenvalue weighted by Gasteiger charge is -2.02. The molecule has 0 N–H and O–H groups in total. The van der Waals surface area contributed by atoms with Gasteiger partial charge in [-0.1, -0.05) is 24.6 Å². The second-order valence-corrected chi connectivity index (χ2v) is 4.68. The van der Waals surface area contributed by atoms with Gasteiger partial charge in [-0.3, -0.25) is 4.98 Å². The van der Waals surface area contributed by atoms with E-state index in [0.717, 1.165) is 21.5 Å². The summed E-state index contributed by atoms with van der Waals surface area (Å²) >= 11 is 7.84. The molecule has 0 aliphatic carbocycles. The highest BCUT2D eigenvalue weighted by Crippen LogP contribution is 2.26. The summed E-state index contributed by atoms with van der Waals surface area (Å²) in [6.45, 7) is 2.14. The predicted molar refractivity (Wildman–Crippen MR) is 63.2 cm³/mol. The smallest absolute Gasteiger partial charge is 0.0667 e. The van der Waals surface area contributed by atoms with Gasteiger partial charge in [-0.15, -0.1) is 11.8 Å². The maximum atomic E-state index is 6.02. The summed E-state index contributed by atoms with van der Waals surface area (Å²) in [5.41, 5.74) is 0. The summed E-state index contributed by atoms with van der Waals surface area (Å²) in [5, 5.41) is 2.90. The molecule has 0 saturated carbocycles. The Morgan fingerprint density at radius 1 is 1.36 bits per heavy atom. The van der Waals surface area contributed by atoms with Gasteiger partial charge in [-0.05, 0) is 17.9 Å². The van der Waals surface area contributed by atoms with E-state index in [1.165, 1.54) is 4.90 Å². The molecule has 0 amide bonds. The first kappa shape index (κ1) is 9.81. The van der Waals surface area contributed by atoms with Crippen LogP contribution in [0.1, 0.15) is 6.92 Å². The molecular formula is C11H10ClNS. The number of aromatic nitrogens is 1. The van der Waals surface area contributed by atoms with Crippen molar-refractivity contribution in [1.29, 1.82) is 0 Å². The molecule has 0 bridgehead atoms. The Balaban J connectivity index is 2.56. The van der Waals surface area contributed by atoms with Gasteiger partial charge in [-0.2, -0.15) is 0 Å². The number of halogens is 1. The molecule has 1 aromatic heterocycles. The fourth-order valence-corrected chi connectivity index (χ4v) is 2.31. The number of thioether (sulfide) groups is 1. The Morgan fingerprint density at radius 3 is 3.00 bits per heavy atom. The standard InChI is InChI=1S/C11H10ClNS/c1-2-14-9-3-4-10-8(5-9)6-13-7-11(10)12/h3-7H,2H2,1H3. The Kier molecular flexibility index (Phi) is 2.94. The molecular weight excluding hydrogens is 214 g/mol. The fourth-order valence-electron chi connectivity index (χ4n) is 1.37. The van der Waals surface area contributed by atoms with Gasteiger partial charge in [0.05, 0.1) is 5.02 Å². The summed E-state index contributed by atoms with van der Waals surface area (Å²) in [6.07, 6.45) is 3.53. The largest absolute Gasteiger partial charge is 0.263 e. The number of hydrogen-bond donors (Lipinski definition) is 0. The Hall–Kier alpha value is -0.730. The molecule has 14 heavy (non-hydrogen) atoms. The summed E-state index contributed by atoms with van der Waals surface area (Å²) < 4.78 is 0. The van der Waals surface area contributed by atoms with Crippen LogP contribution in [0, 0.1) is 0 Å². The zero-order valence-corrected chi connectivity index (χ0v) is 9.40. The zero-order valence-electron chi connectivity index (χ0n) is 7.83. The molecule has 0 atom stereocenters. The highest BCUT2D eigenvalue weighted by Gasteiger charge is 2.00. The summed E-state index contributed by atoms with van der Waals surface area (Å²) in [4.78, 5) is 5.34. The third kappa shape index (κ3) is 1.86. The van der Waals surface area contributed by atoms with Gasteiger partial charge in [0.1, 0.15) is 0 Å². The molecule has 0 spiro atoms. The van der Waals surface area contributed by atoms with Crippen molar-refractivity contribution in [2.75, 3.05) is 5.75 Å². The van der Waals surface area contributed by atoms with Gasteiger partial charge in [0.15, 0.2) is 0 Å². The Labute approximate surface area is 92.5 Å². The molecule has 0 aliphatic rings. The first-order valence-electron chi connectivity index (χ1n) is 4.47. The number of nitrogens with zero attached hydrogens (tertiary/aromatic N) is 1. The first-order chi connectivity index (χ1) is 6.81. The monoisotopic (exact) mass is 223 g/mol. The van der Waals surface area contributed by atoms with Crippen molar-refractivity contribution < 1.29 is 0 Å². The molecule has 1 heterocycles. The van der Waals surface area contributed by atoms with Gasteiger partial charge in [0.2, 0.25) is 0 Å². The van der Waals surface area contributed by atoms with E-state index in [9.17, 15) is 0 Å². The van der Waals surface area contributed by atoms with Crippen LogP contribution in [0.15, 0.2) is 35.5 Å². The van der Waals surface area contributed by atoms with E-state index in [-0.39, 0.29) is 0 Å². The average Bonchev–Trinajstić information content (AvgIpc) is 2.18. The van der Waals surface area contributed by atoms with Crippen molar-refractivity contribution in [1.82, 2.24) is 4.98 Å². The molecule has 2 rings (SSSR count). The van der Waals surface area contributed by atoms with E-state index in [1.807, 2.05) is 18.0 Å². The van der Waals surface area contributed by atoms with Crippen LogP contribution in [-0.2, 0) is 0 Å².